The van der Waals surface area contributed by atoms with Gasteiger partial charge in [-0.25, -0.2) is 8.78 Å². The van der Waals surface area contributed by atoms with Crippen molar-refractivity contribution >= 4 is 5.78 Å². The van der Waals surface area contributed by atoms with Crippen LogP contribution >= 0.6 is 0 Å². The Morgan fingerprint density at radius 3 is 2.56 bits per heavy atom. The Balaban J connectivity index is 2.19. The van der Waals surface area contributed by atoms with Crippen LogP contribution in [0.25, 0.3) is 0 Å². The van der Waals surface area contributed by atoms with Crippen LogP contribution in [0.4, 0.5) is 8.78 Å². The molecule has 3 heteroatoms. The lowest BCUT2D eigenvalue weighted by Gasteiger charge is -2.03. The van der Waals surface area contributed by atoms with Gasteiger partial charge in [0.1, 0.15) is 11.6 Å². The minimum absolute atomic E-state index is 0.0697. The van der Waals surface area contributed by atoms with Gasteiger partial charge in [0.2, 0.25) is 0 Å². The van der Waals surface area contributed by atoms with Gasteiger partial charge in [0.15, 0.2) is 5.78 Å². The number of Topliss-reactive ketones (excluding diaryl/α,β-unsaturated/α-hetero) is 1. The summed E-state index contributed by atoms with van der Waals surface area (Å²) < 4.78 is 26.3. The topological polar surface area (TPSA) is 17.1 Å². The van der Waals surface area contributed by atoms with Crippen molar-refractivity contribution in [1.82, 2.24) is 0 Å². The molecule has 2 aromatic carbocycles. The van der Waals surface area contributed by atoms with E-state index in [0.29, 0.717) is 16.7 Å². The van der Waals surface area contributed by atoms with Crippen molar-refractivity contribution in [1.29, 1.82) is 0 Å². The molecule has 0 saturated heterocycles. The lowest BCUT2D eigenvalue weighted by Crippen LogP contribution is -2.04. The van der Waals surface area contributed by atoms with Crippen LogP contribution in [0.1, 0.15) is 21.5 Å². The Morgan fingerprint density at radius 1 is 1.11 bits per heavy atom. The number of ketones is 1. The van der Waals surface area contributed by atoms with Crippen molar-refractivity contribution in [3.63, 3.8) is 0 Å². The standard InChI is InChI=1S/C15H12F2O/c1-10-5-6-12(9-14(10)17)15(18)8-11-3-2-4-13(16)7-11/h2-7,9H,8H2,1H3. The molecule has 0 saturated carbocycles. The molecule has 0 aliphatic heterocycles. The molecule has 0 unspecified atom stereocenters. The van der Waals surface area contributed by atoms with Gasteiger partial charge in [0.05, 0.1) is 0 Å². The van der Waals surface area contributed by atoms with Crippen molar-refractivity contribution in [2.45, 2.75) is 13.3 Å². The Hall–Kier alpha value is -2.03. The smallest absolute Gasteiger partial charge is 0.167 e. The van der Waals surface area contributed by atoms with Crippen molar-refractivity contribution in [3.8, 4) is 0 Å². The van der Waals surface area contributed by atoms with Gasteiger partial charge in [-0.2, -0.15) is 0 Å². The largest absolute Gasteiger partial charge is 0.294 e. The molecule has 1 nitrogen and oxygen atoms in total. The molecule has 0 bridgehead atoms. The normalized spacial score (nSPS) is 10.4. The predicted octanol–water partition coefficient (Wildman–Crippen LogP) is 3.70. The van der Waals surface area contributed by atoms with Gasteiger partial charge in [-0.3, -0.25) is 4.79 Å². The molecule has 2 rings (SSSR count). The second kappa shape index (κ2) is 5.08. The first-order valence-corrected chi connectivity index (χ1v) is 5.60. The zero-order chi connectivity index (χ0) is 13.1. The number of hydrogen-bond acceptors (Lipinski definition) is 1. The van der Waals surface area contributed by atoms with Crippen LogP contribution in [0, 0.1) is 18.6 Å². The maximum absolute atomic E-state index is 13.3. The van der Waals surface area contributed by atoms with E-state index < -0.39 is 5.82 Å². The van der Waals surface area contributed by atoms with Crippen molar-refractivity contribution < 1.29 is 13.6 Å². The van der Waals surface area contributed by atoms with Crippen LogP contribution < -0.4 is 0 Å². The Bertz CT molecular complexity index is 591. The van der Waals surface area contributed by atoms with Crippen LogP contribution in [0.5, 0.6) is 0 Å². The molecule has 18 heavy (non-hydrogen) atoms. The van der Waals surface area contributed by atoms with Crippen LogP contribution in [-0.2, 0) is 6.42 Å². The maximum atomic E-state index is 13.3. The molecule has 2 aromatic rings. The number of benzene rings is 2. The van der Waals surface area contributed by atoms with Gasteiger partial charge in [0, 0.05) is 12.0 Å². The third-order valence-corrected chi connectivity index (χ3v) is 2.75. The summed E-state index contributed by atoms with van der Waals surface area (Å²) in [5, 5.41) is 0. The lowest BCUT2D eigenvalue weighted by atomic mass is 10.0. The molecular formula is C15H12F2O. The van der Waals surface area contributed by atoms with E-state index >= 15 is 0 Å². The SMILES string of the molecule is Cc1ccc(C(=O)Cc2cccc(F)c2)cc1F. The fourth-order valence-electron chi connectivity index (χ4n) is 1.70. The maximum Gasteiger partial charge on any atom is 0.167 e. The van der Waals surface area contributed by atoms with Gasteiger partial charge in [-0.1, -0.05) is 24.3 Å². The zero-order valence-electron chi connectivity index (χ0n) is 9.91. The molecule has 92 valence electrons. The number of carbonyl (C=O) groups excluding carboxylic acids is 1. The van der Waals surface area contributed by atoms with Crippen molar-refractivity contribution in [3.05, 3.63) is 70.8 Å². The quantitative estimate of drug-likeness (QED) is 0.755. The van der Waals surface area contributed by atoms with E-state index in [9.17, 15) is 13.6 Å². The van der Waals surface area contributed by atoms with Crippen LogP contribution in [0.2, 0.25) is 0 Å². The first-order chi connectivity index (χ1) is 8.56. The molecule has 0 amide bonds. The summed E-state index contributed by atoms with van der Waals surface area (Å²) in [7, 11) is 0. The number of carbonyl (C=O) groups is 1. The van der Waals surface area contributed by atoms with Crippen LogP contribution in [0.3, 0.4) is 0 Å². The highest BCUT2D eigenvalue weighted by atomic mass is 19.1. The molecular weight excluding hydrogens is 234 g/mol. The van der Waals surface area contributed by atoms with Crippen LogP contribution in [-0.4, -0.2) is 5.78 Å². The van der Waals surface area contributed by atoms with Gasteiger partial charge in [-0.15, -0.1) is 0 Å². The Kier molecular flexibility index (Phi) is 3.51. The Morgan fingerprint density at radius 2 is 1.89 bits per heavy atom. The highest BCUT2D eigenvalue weighted by Crippen LogP contribution is 2.13. The van der Waals surface area contributed by atoms with Gasteiger partial charge < -0.3 is 0 Å². The van der Waals surface area contributed by atoms with E-state index in [1.165, 1.54) is 18.2 Å². The third-order valence-electron chi connectivity index (χ3n) is 2.75. The first kappa shape index (κ1) is 12.4. The summed E-state index contributed by atoms with van der Waals surface area (Å²) in [5.41, 5.74) is 1.39. The Labute approximate surface area is 104 Å². The fraction of sp³-hybridized carbons (Fsp3) is 0.133. The minimum Gasteiger partial charge on any atom is -0.294 e. The van der Waals surface area contributed by atoms with Crippen LogP contribution in [0.15, 0.2) is 42.5 Å². The highest BCUT2D eigenvalue weighted by Gasteiger charge is 2.09. The van der Waals surface area contributed by atoms with E-state index in [1.54, 1.807) is 31.2 Å². The number of rotatable bonds is 3. The van der Waals surface area contributed by atoms with E-state index in [0.717, 1.165) is 0 Å². The highest BCUT2D eigenvalue weighted by molar-refractivity contribution is 5.97. The second-order valence-electron chi connectivity index (χ2n) is 4.19. The third kappa shape index (κ3) is 2.80. The minimum atomic E-state index is -0.403. The first-order valence-electron chi connectivity index (χ1n) is 5.60. The molecule has 0 atom stereocenters. The lowest BCUT2D eigenvalue weighted by molar-refractivity contribution is 0.0992. The monoisotopic (exact) mass is 246 g/mol. The van der Waals surface area contributed by atoms with Crippen molar-refractivity contribution in [2.75, 3.05) is 0 Å². The summed E-state index contributed by atoms with van der Waals surface area (Å²) in [6.07, 6.45) is 0.0697. The molecule has 0 N–H and O–H groups in total. The molecule has 0 aliphatic carbocycles. The molecule has 0 spiro atoms. The second-order valence-corrected chi connectivity index (χ2v) is 4.19. The van der Waals surface area contributed by atoms with E-state index in [1.807, 2.05) is 0 Å². The van der Waals surface area contributed by atoms with E-state index in [2.05, 4.69) is 0 Å². The van der Waals surface area contributed by atoms with E-state index in [4.69, 9.17) is 0 Å². The van der Waals surface area contributed by atoms with Gasteiger partial charge in [-0.05, 0) is 36.2 Å². The molecule has 0 heterocycles. The zero-order valence-corrected chi connectivity index (χ0v) is 9.91. The van der Waals surface area contributed by atoms with E-state index in [-0.39, 0.29) is 18.0 Å². The number of halogens is 2. The summed E-state index contributed by atoms with van der Waals surface area (Å²) >= 11 is 0. The molecule has 0 radical (unpaired) electrons. The summed E-state index contributed by atoms with van der Waals surface area (Å²) in [4.78, 5) is 11.9. The predicted molar refractivity (Wildman–Crippen MR) is 65.6 cm³/mol. The molecule has 0 fully saturated rings. The number of hydrogen-bond donors (Lipinski definition) is 0. The number of aryl methyl sites for hydroxylation is 1. The average Bonchev–Trinajstić information content (AvgIpc) is 2.32. The van der Waals surface area contributed by atoms with Gasteiger partial charge >= 0.3 is 0 Å². The summed E-state index contributed by atoms with van der Waals surface area (Å²) in [5.74, 6) is -1.00. The summed E-state index contributed by atoms with van der Waals surface area (Å²) in [6, 6.07) is 10.2. The summed E-state index contributed by atoms with van der Waals surface area (Å²) in [6.45, 7) is 1.64. The van der Waals surface area contributed by atoms with Crippen molar-refractivity contribution in [2.24, 2.45) is 0 Å². The average molecular weight is 246 g/mol. The van der Waals surface area contributed by atoms with Gasteiger partial charge in [0.25, 0.3) is 0 Å². The fourth-order valence-corrected chi connectivity index (χ4v) is 1.70. The molecule has 0 aliphatic rings. The molecule has 0 aromatic heterocycles.